The van der Waals surface area contributed by atoms with Gasteiger partial charge in [-0.3, -0.25) is 4.68 Å². The summed E-state index contributed by atoms with van der Waals surface area (Å²) in [4.78, 5) is 4.01. The number of halogens is 3. The van der Waals surface area contributed by atoms with Crippen molar-refractivity contribution in [2.75, 3.05) is 6.61 Å². The van der Waals surface area contributed by atoms with Gasteiger partial charge in [-0.25, -0.2) is 4.98 Å². The van der Waals surface area contributed by atoms with E-state index >= 15 is 0 Å². The fourth-order valence-electron chi connectivity index (χ4n) is 1.70. The van der Waals surface area contributed by atoms with Crippen molar-refractivity contribution in [3.63, 3.8) is 0 Å². The van der Waals surface area contributed by atoms with Crippen molar-refractivity contribution in [1.82, 2.24) is 14.8 Å². The molecule has 1 N–H and O–H groups in total. The van der Waals surface area contributed by atoms with Gasteiger partial charge in [0.25, 0.3) is 0 Å². The zero-order valence-corrected chi connectivity index (χ0v) is 10.7. The first kappa shape index (κ1) is 14.0. The van der Waals surface area contributed by atoms with Crippen molar-refractivity contribution in [1.29, 1.82) is 0 Å². The number of nitrogens with zero attached hydrogens (tertiary/aromatic N) is 3. The van der Waals surface area contributed by atoms with Gasteiger partial charge in [0.2, 0.25) is 0 Å². The molecule has 0 aliphatic rings. The van der Waals surface area contributed by atoms with Crippen LogP contribution >= 0.6 is 11.3 Å². The second-order valence-corrected chi connectivity index (χ2v) is 4.93. The van der Waals surface area contributed by atoms with Gasteiger partial charge in [-0.2, -0.15) is 18.3 Å². The van der Waals surface area contributed by atoms with Crippen LogP contribution in [0.1, 0.15) is 22.7 Å². The van der Waals surface area contributed by atoms with Crippen LogP contribution in [0.15, 0.2) is 17.8 Å². The highest BCUT2D eigenvalue weighted by atomic mass is 32.1. The fourth-order valence-corrected chi connectivity index (χ4v) is 2.31. The second-order valence-electron chi connectivity index (χ2n) is 3.95. The number of hydrogen-bond donors (Lipinski definition) is 1. The number of thiazole rings is 1. The van der Waals surface area contributed by atoms with Crippen LogP contribution in [0.4, 0.5) is 13.2 Å². The molecule has 2 heterocycles. The van der Waals surface area contributed by atoms with Crippen LogP contribution in [0.25, 0.3) is 0 Å². The Morgan fingerprint density at radius 3 is 2.74 bits per heavy atom. The first-order chi connectivity index (χ1) is 9.00. The molecule has 0 amide bonds. The van der Waals surface area contributed by atoms with Gasteiger partial charge in [0.1, 0.15) is 5.01 Å². The highest BCUT2D eigenvalue weighted by Crippen LogP contribution is 2.31. The maximum Gasteiger partial charge on any atom is 0.435 e. The van der Waals surface area contributed by atoms with E-state index in [-0.39, 0.29) is 31.6 Å². The molecule has 8 heteroatoms. The van der Waals surface area contributed by atoms with E-state index in [0.717, 1.165) is 0 Å². The molecule has 0 spiro atoms. The maximum absolute atomic E-state index is 12.8. The highest BCUT2D eigenvalue weighted by molar-refractivity contribution is 7.09. The van der Waals surface area contributed by atoms with Gasteiger partial charge in [-0.15, -0.1) is 11.3 Å². The van der Waals surface area contributed by atoms with Crippen LogP contribution < -0.4 is 0 Å². The molecule has 0 fully saturated rings. The number of rotatable bonds is 5. The third-order valence-electron chi connectivity index (χ3n) is 2.49. The van der Waals surface area contributed by atoms with Crippen molar-refractivity contribution in [3.8, 4) is 0 Å². The van der Waals surface area contributed by atoms with Crippen LogP contribution in [-0.4, -0.2) is 26.5 Å². The SMILES string of the molecule is OCCCc1cn(Cc2nccs2)nc1C(F)(F)F. The average Bonchev–Trinajstić information content (AvgIpc) is 2.95. The number of hydrogen-bond acceptors (Lipinski definition) is 4. The van der Waals surface area contributed by atoms with Crippen molar-refractivity contribution < 1.29 is 18.3 Å². The van der Waals surface area contributed by atoms with E-state index < -0.39 is 11.9 Å². The summed E-state index contributed by atoms with van der Waals surface area (Å²) in [5.74, 6) is 0. The molecule has 0 saturated heterocycles. The number of aliphatic hydroxyl groups excluding tert-OH is 1. The van der Waals surface area contributed by atoms with Crippen molar-refractivity contribution >= 4 is 11.3 Å². The van der Waals surface area contributed by atoms with Crippen LogP contribution in [0.3, 0.4) is 0 Å². The zero-order valence-electron chi connectivity index (χ0n) is 9.89. The molecule has 0 radical (unpaired) electrons. The molecule has 2 aromatic rings. The van der Waals surface area contributed by atoms with Gasteiger partial charge in [0.15, 0.2) is 5.69 Å². The lowest BCUT2D eigenvalue weighted by atomic mass is 10.1. The van der Waals surface area contributed by atoms with Crippen LogP contribution in [0.5, 0.6) is 0 Å². The highest BCUT2D eigenvalue weighted by Gasteiger charge is 2.36. The van der Waals surface area contributed by atoms with E-state index in [4.69, 9.17) is 5.11 Å². The van der Waals surface area contributed by atoms with Crippen molar-refractivity contribution in [3.05, 3.63) is 34.0 Å². The lowest BCUT2D eigenvalue weighted by molar-refractivity contribution is -0.142. The summed E-state index contributed by atoms with van der Waals surface area (Å²) in [7, 11) is 0. The summed E-state index contributed by atoms with van der Waals surface area (Å²) >= 11 is 1.37. The normalized spacial score (nSPS) is 12.0. The van der Waals surface area contributed by atoms with Crippen LogP contribution in [0, 0.1) is 0 Å². The standard InChI is InChI=1S/C11H12F3N3OS/c12-11(13,14)10-8(2-1-4-18)6-17(16-10)7-9-15-3-5-19-9/h3,5-6,18H,1-2,4,7H2. The van der Waals surface area contributed by atoms with E-state index in [9.17, 15) is 13.2 Å². The van der Waals surface area contributed by atoms with E-state index in [2.05, 4.69) is 10.1 Å². The smallest absolute Gasteiger partial charge is 0.396 e. The quantitative estimate of drug-likeness (QED) is 0.920. The minimum atomic E-state index is -4.47. The van der Waals surface area contributed by atoms with Gasteiger partial charge in [-0.1, -0.05) is 0 Å². The summed E-state index contributed by atoms with van der Waals surface area (Å²) in [6, 6.07) is 0. The fraction of sp³-hybridized carbons (Fsp3) is 0.455. The van der Waals surface area contributed by atoms with Gasteiger partial charge in [0.05, 0.1) is 6.54 Å². The van der Waals surface area contributed by atoms with Crippen molar-refractivity contribution in [2.24, 2.45) is 0 Å². The van der Waals surface area contributed by atoms with Crippen LogP contribution in [-0.2, 0) is 19.1 Å². The van der Waals surface area contributed by atoms with Crippen LogP contribution in [0.2, 0.25) is 0 Å². The Balaban J connectivity index is 2.23. The zero-order chi connectivity index (χ0) is 13.9. The van der Waals surface area contributed by atoms with Gasteiger partial charge >= 0.3 is 6.18 Å². The summed E-state index contributed by atoms with van der Waals surface area (Å²) in [6.45, 7) is 0.0782. The van der Waals surface area contributed by atoms with E-state index in [1.54, 1.807) is 11.6 Å². The number of aliphatic hydroxyl groups is 1. The molecule has 2 aromatic heterocycles. The van der Waals surface area contributed by atoms with E-state index in [1.165, 1.54) is 22.2 Å². The number of aryl methyl sites for hydroxylation is 1. The van der Waals surface area contributed by atoms with E-state index in [0.29, 0.717) is 5.01 Å². The Morgan fingerprint density at radius 1 is 1.37 bits per heavy atom. The summed E-state index contributed by atoms with van der Waals surface area (Å²) < 4.78 is 39.7. The van der Waals surface area contributed by atoms with Crippen molar-refractivity contribution in [2.45, 2.75) is 25.6 Å². The van der Waals surface area contributed by atoms with E-state index in [1.807, 2.05) is 0 Å². The van der Waals surface area contributed by atoms with Gasteiger partial charge in [-0.05, 0) is 12.8 Å². The predicted molar refractivity (Wildman–Crippen MR) is 63.9 cm³/mol. The Bertz CT molecular complexity index is 522. The van der Waals surface area contributed by atoms with Gasteiger partial charge < -0.3 is 5.11 Å². The molecule has 0 aliphatic heterocycles. The Morgan fingerprint density at radius 2 is 2.16 bits per heavy atom. The number of aromatic nitrogens is 3. The third-order valence-corrected chi connectivity index (χ3v) is 3.26. The minimum Gasteiger partial charge on any atom is -0.396 e. The number of alkyl halides is 3. The molecule has 2 rings (SSSR count). The first-order valence-corrected chi connectivity index (χ1v) is 6.51. The lowest BCUT2D eigenvalue weighted by Crippen LogP contribution is -2.10. The third kappa shape index (κ3) is 3.54. The van der Waals surface area contributed by atoms with Gasteiger partial charge in [0, 0.05) is 29.9 Å². The molecule has 0 bridgehead atoms. The second kappa shape index (κ2) is 5.70. The molecule has 0 saturated carbocycles. The lowest BCUT2D eigenvalue weighted by Gasteiger charge is -2.04. The molecule has 0 unspecified atom stereocenters. The molecule has 4 nitrogen and oxygen atoms in total. The topological polar surface area (TPSA) is 50.9 Å². The predicted octanol–water partition coefficient (Wildman–Crippen LogP) is 2.33. The monoisotopic (exact) mass is 291 g/mol. The first-order valence-electron chi connectivity index (χ1n) is 5.63. The average molecular weight is 291 g/mol. The molecular weight excluding hydrogens is 279 g/mol. The molecule has 0 aromatic carbocycles. The Kier molecular flexibility index (Phi) is 4.20. The maximum atomic E-state index is 12.8. The molecule has 104 valence electrons. The Hall–Kier alpha value is -1.41. The summed E-state index contributed by atoms with van der Waals surface area (Å²) in [5.41, 5.74) is -0.768. The molecule has 0 atom stereocenters. The Labute approximate surface area is 111 Å². The minimum absolute atomic E-state index is 0.109. The molecule has 0 aliphatic carbocycles. The molecule has 19 heavy (non-hydrogen) atoms. The largest absolute Gasteiger partial charge is 0.435 e. The molecular formula is C11H12F3N3OS. The summed E-state index contributed by atoms with van der Waals surface area (Å²) in [6.07, 6.45) is -1.06. The summed E-state index contributed by atoms with van der Waals surface area (Å²) in [5, 5.41) is 14.8.